The van der Waals surface area contributed by atoms with E-state index in [4.69, 9.17) is 14.2 Å². The van der Waals surface area contributed by atoms with E-state index in [2.05, 4.69) is 14.7 Å². The van der Waals surface area contributed by atoms with Gasteiger partial charge in [-0.1, -0.05) is 23.4 Å². The fourth-order valence-electron chi connectivity index (χ4n) is 4.28. The zero-order valence-corrected chi connectivity index (χ0v) is 15.3. The summed E-state index contributed by atoms with van der Waals surface area (Å²) in [5.41, 5.74) is 0.987. The summed E-state index contributed by atoms with van der Waals surface area (Å²) in [4.78, 5) is 18.9. The largest absolute Gasteiger partial charge is 0.491 e. The van der Waals surface area contributed by atoms with E-state index in [0.717, 1.165) is 5.56 Å². The van der Waals surface area contributed by atoms with Crippen LogP contribution in [-0.2, 0) is 16.8 Å². The van der Waals surface area contributed by atoms with Gasteiger partial charge in [0.05, 0.1) is 6.54 Å². The molecule has 1 spiro atoms. The Labute approximate surface area is 167 Å². The van der Waals surface area contributed by atoms with Gasteiger partial charge in [0.15, 0.2) is 17.3 Å². The van der Waals surface area contributed by atoms with Gasteiger partial charge >= 0.3 is 6.43 Å². The number of para-hydroxylation sites is 1. The van der Waals surface area contributed by atoms with E-state index in [1.807, 2.05) is 12.1 Å². The molecule has 1 atom stereocenters. The summed E-state index contributed by atoms with van der Waals surface area (Å²) in [6, 6.07) is 10.8. The summed E-state index contributed by atoms with van der Waals surface area (Å²) in [7, 11) is 0. The number of ether oxygens (including phenoxy) is 3. The highest BCUT2D eigenvalue weighted by atomic mass is 19.3. The number of amides is 1. The Kier molecular flexibility index (Phi) is 3.39. The van der Waals surface area contributed by atoms with Crippen molar-refractivity contribution >= 4 is 11.6 Å². The number of halogens is 2. The van der Waals surface area contributed by atoms with Crippen LogP contribution in [0.25, 0.3) is 0 Å². The molecule has 0 saturated heterocycles. The summed E-state index contributed by atoms with van der Waals surface area (Å²) < 4.78 is 47.0. The number of anilines is 1. The molecule has 0 radical (unpaired) electrons. The number of fused-ring (bicyclic) bond motifs is 5. The van der Waals surface area contributed by atoms with Crippen molar-refractivity contribution in [1.82, 2.24) is 10.1 Å². The van der Waals surface area contributed by atoms with Gasteiger partial charge in [-0.25, -0.2) is 0 Å². The molecular weight excluding hydrogens is 400 g/mol. The lowest BCUT2D eigenvalue weighted by Crippen LogP contribution is -2.42. The molecule has 152 valence electrons. The number of rotatable bonds is 3. The van der Waals surface area contributed by atoms with Crippen LogP contribution in [0.15, 0.2) is 40.9 Å². The maximum absolute atomic E-state index is 13.7. The normalized spacial score (nSPS) is 20.8. The van der Waals surface area contributed by atoms with E-state index in [1.165, 1.54) is 4.90 Å². The standard InChI is InChI=1S/C20H13F2N3O5/c21-17(22)18-23-16(24-30-18)7-25-12-4-2-1-3-10(12)20(19(25)26)8-27-13-6-15-14(5-11(13)20)28-9-29-15/h1-6,17H,7-9H2. The van der Waals surface area contributed by atoms with Crippen molar-refractivity contribution in [3.8, 4) is 17.2 Å². The van der Waals surface area contributed by atoms with Gasteiger partial charge in [-0.15, -0.1) is 0 Å². The summed E-state index contributed by atoms with van der Waals surface area (Å²) in [5, 5.41) is 3.59. The summed E-state index contributed by atoms with van der Waals surface area (Å²) in [5.74, 6) is 0.612. The fourth-order valence-corrected chi connectivity index (χ4v) is 4.28. The Bertz CT molecular complexity index is 1200. The third-order valence-electron chi connectivity index (χ3n) is 5.61. The molecule has 1 amide bonds. The molecule has 10 heteroatoms. The first-order valence-corrected chi connectivity index (χ1v) is 9.17. The molecule has 3 aromatic rings. The zero-order valence-electron chi connectivity index (χ0n) is 15.3. The van der Waals surface area contributed by atoms with Crippen LogP contribution in [0.4, 0.5) is 14.5 Å². The van der Waals surface area contributed by atoms with Crippen molar-refractivity contribution in [2.75, 3.05) is 18.3 Å². The van der Waals surface area contributed by atoms with Gasteiger partial charge in [0.2, 0.25) is 12.7 Å². The predicted molar refractivity (Wildman–Crippen MR) is 95.7 cm³/mol. The molecule has 1 unspecified atom stereocenters. The van der Waals surface area contributed by atoms with Gasteiger partial charge < -0.3 is 23.6 Å². The van der Waals surface area contributed by atoms with Crippen LogP contribution in [0.1, 0.15) is 29.3 Å². The van der Waals surface area contributed by atoms with E-state index in [0.29, 0.717) is 28.5 Å². The molecule has 3 aliphatic heterocycles. The molecule has 2 aromatic carbocycles. The highest BCUT2D eigenvalue weighted by molar-refractivity contribution is 6.11. The quantitative estimate of drug-likeness (QED) is 0.652. The van der Waals surface area contributed by atoms with Crippen LogP contribution in [0.5, 0.6) is 17.2 Å². The second-order valence-corrected chi connectivity index (χ2v) is 7.15. The van der Waals surface area contributed by atoms with Crippen LogP contribution in [-0.4, -0.2) is 29.4 Å². The minimum Gasteiger partial charge on any atom is -0.491 e. The Morgan fingerprint density at radius 2 is 1.87 bits per heavy atom. The smallest absolute Gasteiger partial charge is 0.315 e. The first-order chi connectivity index (χ1) is 14.6. The second-order valence-electron chi connectivity index (χ2n) is 7.15. The third kappa shape index (κ3) is 2.15. The van der Waals surface area contributed by atoms with Crippen molar-refractivity contribution in [2.24, 2.45) is 0 Å². The number of benzene rings is 2. The Balaban J connectivity index is 1.46. The monoisotopic (exact) mass is 413 g/mol. The molecule has 0 bridgehead atoms. The number of hydrogen-bond acceptors (Lipinski definition) is 7. The van der Waals surface area contributed by atoms with Gasteiger partial charge in [-0.3, -0.25) is 4.79 Å². The van der Waals surface area contributed by atoms with Crippen molar-refractivity contribution in [1.29, 1.82) is 0 Å². The SMILES string of the molecule is O=C1N(Cc2noc(C(F)F)n2)c2ccccc2C12COc1cc3c(cc12)OCO3. The van der Waals surface area contributed by atoms with Crippen LogP contribution in [0.2, 0.25) is 0 Å². The molecule has 30 heavy (non-hydrogen) atoms. The Morgan fingerprint density at radius 3 is 2.67 bits per heavy atom. The van der Waals surface area contributed by atoms with Gasteiger partial charge in [0, 0.05) is 17.3 Å². The number of alkyl halides is 2. The van der Waals surface area contributed by atoms with Crippen LogP contribution < -0.4 is 19.1 Å². The Hall–Kier alpha value is -3.69. The van der Waals surface area contributed by atoms with E-state index in [9.17, 15) is 13.6 Å². The molecular formula is C20H13F2N3O5. The van der Waals surface area contributed by atoms with Crippen LogP contribution in [0.3, 0.4) is 0 Å². The van der Waals surface area contributed by atoms with Crippen molar-refractivity contribution in [3.05, 3.63) is 59.2 Å². The maximum Gasteiger partial charge on any atom is 0.315 e. The average Bonchev–Trinajstić information content (AvgIpc) is 3.51. The molecule has 4 heterocycles. The summed E-state index contributed by atoms with van der Waals surface area (Å²) >= 11 is 0. The molecule has 0 aliphatic carbocycles. The maximum atomic E-state index is 13.7. The number of carbonyl (C=O) groups is 1. The van der Waals surface area contributed by atoms with Crippen molar-refractivity contribution in [3.63, 3.8) is 0 Å². The Morgan fingerprint density at radius 1 is 1.07 bits per heavy atom. The van der Waals surface area contributed by atoms with Gasteiger partial charge in [-0.05, 0) is 17.7 Å². The van der Waals surface area contributed by atoms with Crippen LogP contribution >= 0.6 is 0 Å². The lowest BCUT2D eigenvalue weighted by atomic mass is 9.77. The lowest BCUT2D eigenvalue weighted by Gasteiger charge is -2.22. The summed E-state index contributed by atoms with van der Waals surface area (Å²) in [6.45, 7) is 0.103. The fraction of sp³-hybridized carbons (Fsp3) is 0.250. The first-order valence-electron chi connectivity index (χ1n) is 9.17. The topological polar surface area (TPSA) is 86.9 Å². The molecule has 8 nitrogen and oxygen atoms in total. The van der Waals surface area contributed by atoms with Crippen molar-refractivity contribution in [2.45, 2.75) is 18.4 Å². The summed E-state index contributed by atoms with van der Waals surface area (Å²) in [6.07, 6.45) is -2.88. The van der Waals surface area contributed by atoms with Crippen LogP contribution in [0, 0.1) is 0 Å². The molecule has 0 saturated carbocycles. The second kappa shape index (κ2) is 5.91. The number of hydrogen-bond donors (Lipinski definition) is 0. The first kappa shape index (κ1) is 17.2. The predicted octanol–water partition coefficient (Wildman–Crippen LogP) is 2.96. The molecule has 6 rings (SSSR count). The number of nitrogens with zero attached hydrogens (tertiary/aromatic N) is 3. The minimum atomic E-state index is -2.88. The van der Waals surface area contributed by atoms with E-state index < -0.39 is 17.7 Å². The number of carbonyl (C=O) groups excluding carboxylic acids is 1. The van der Waals surface area contributed by atoms with Gasteiger partial charge in [0.1, 0.15) is 17.8 Å². The third-order valence-corrected chi connectivity index (χ3v) is 5.61. The van der Waals surface area contributed by atoms with E-state index >= 15 is 0 Å². The van der Waals surface area contributed by atoms with Gasteiger partial charge in [-0.2, -0.15) is 13.8 Å². The van der Waals surface area contributed by atoms with E-state index in [-0.39, 0.29) is 31.7 Å². The van der Waals surface area contributed by atoms with Gasteiger partial charge in [0.25, 0.3) is 5.89 Å². The zero-order chi connectivity index (χ0) is 20.5. The average molecular weight is 413 g/mol. The van der Waals surface area contributed by atoms with E-state index in [1.54, 1.807) is 24.3 Å². The highest BCUT2D eigenvalue weighted by Gasteiger charge is 2.57. The highest BCUT2D eigenvalue weighted by Crippen LogP contribution is 2.55. The minimum absolute atomic E-state index is 0.00433. The molecule has 0 fully saturated rings. The molecule has 3 aliphatic rings. The lowest BCUT2D eigenvalue weighted by molar-refractivity contribution is -0.122. The van der Waals surface area contributed by atoms with Crippen molar-refractivity contribution < 1.29 is 32.3 Å². The number of aromatic nitrogens is 2. The molecule has 1 aromatic heterocycles. The molecule has 0 N–H and O–H groups in total.